The first-order chi connectivity index (χ1) is 9.41. The van der Waals surface area contributed by atoms with E-state index in [9.17, 15) is 13.2 Å². The van der Waals surface area contributed by atoms with Crippen LogP contribution < -0.4 is 11.1 Å². The highest BCUT2D eigenvalue weighted by atomic mass is 32.2. The number of sulfone groups is 1. The molecule has 112 valence electrons. The number of carbonyl (C=O) groups excluding carboxylic acids is 1. The Labute approximate surface area is 118 Å². The number of ether oxygens (including phenoxy) is 1. The molecule has 0 aromatic carbocycles. The van der Waals surface area contributed by atoms with Crippen LogP contribution in [0.15, 0.2) is 12.3 Å². The summed E-state index contributed by atoms with van der Waals surface area (Å²) in [5.74, 6) is -0.187. The molecule has 0 aliphatic carbocycles. The molecule has 1 rings (SSSR count). The van der Waals surface area contributed by atoms with Crippen molar-refractivity contribution in [2.45, 2.75) is 13.8 Å². The van der Waals surface area contributed by atoms with E-state index >= 15 is 0 Å². The predicted octanol–water partition coefficient (Wildman–Crippen LogP) is 0.687. The topological polar surface area (TPSA) is 111 Å². The Morgan fingerprint density at radius 2 is 2.15 bits per heavy atom. The minimum Gasteiger partial charge on any atom is -0.462 e. The van der Waals surface area contributed by atoms with Crippen LogP contribution in [0.1, 0.15) is 24.2 Å². The summed E-state index contributed by atoms with van der Waals surface area (Å²) in [6.45, 7) is 3.71. The number of pyridine rings is 1. The zero-order valence-electron chi connectivity index (χ0n) is 11.5. The summed E-state index contributed by atoms with van der Waals surface area (Å²) in [6, 6.07) is 1.46. The van der Waals surface area contributed by atoms with Gasteiger partial charge in [0.15, 0.2) is 9.84 Å². The molecule has 1 aromatic heterocycles. The smallest absolute Gasteiger partial charge is 0.340 e. The van der Waals surface area contributed by atoms with Gasteiger partial charge in [-0.1, -0.05) is 6.92 Å². The summed E-state index contributed by atoms with van der Waals surface area (Å²) in [7, 11) is -3.06. The molecule has 1 heterocycles. The minimum absolute atomic E-state index is 0.0196. The molecule has 8 heteroatoms. The van der Waals surface area contributed by atoms with E-state index in [1.54, 1.807) is 13.8 Å². The molecule has 0 aliphatic rings. The number of anilines is 2. The number of nitrogens with one attached hydrogen (secondary N) is 1. The first-order valence-corrected chi connectivity index (χ1v) is 8.09. The summed E-state index contributed by atoms with van der Waals surface area (Å²) in [4.78, 5) is 15.6. The van der Waals surface area contributed by atoms with Crippen molar-refractivity contribution < 1.29 is 17.9 Å². The fraction of sp³-hybridized carbons (Fsp3) is 0.500. The predicted molar refractivity (Wildman–Crippen MR) is 77.4 cm³/mol. The van der Waals surface area contributed by atoms with E-state index in [1.165, 1.54) is 12.3 Å². The largest absolute Gasteiger partial charge is 0.462 e. The second kappa shape index (κ2) is 7.09. The lowest BCUT2D eigenvalue weighted by molar-refractivity contribution is 0.0527. The molecule has 0 amide bonds. The van der Waals surface area contributed by atoms with Gasteiger partial charge in [-0.15, -0.1) is 0 Å². The first kappa shape index (κ1) is 16.2. The molecule has 0 radical (unpaired) electrons. The molecule has 0 atom stereocenters. The van der Waals surface area contributed by atoms with E-state index in [4.69, 9.17) is 10.5 Å². The third-order valence-electron chi connectivity index (χ3n) is 2.63. The Morgan fingerprint density at radius 1 is 1.45 bits per heavy atom. The van der Waals surface area contributed by atoms with E-state index in [0.717, 1.165) is 0 Å². The molecule has 3 N–H and O–H groups in total. The molecule has 7 nitrogen and oxygen atoms in total. The van der Waals surface area contributed by atoms with Crippen molar-refractivity contribution in [3.63, 3.8) is 0 Å². The van der Waals surface area contributed by atoms with Crippen LogP contribution in [-0.2, 0) is 14.6 Å². The molecule has 0 unspecified atom stereocenters. The maximum absolute atomic E-state index is 11.6. The van der Waals surface area contributed by atoms with Crippen molar-refractivity contribution in [3.05, 3.63) is 17.8 Å². The molecular formula is C12H19N3O4S. The Bertz CT molecular complexity index is 572. The molecule has 0 saturated carbocycles. The molecule has 0 bridgehead atoms. The highest BCUT2D eigenvalue weighted by Crippen LogP contribution is 2.20. The Morgan fingerprint density at radius 3 is 2.75 bits per heavy atom. The second-order valence-electron chi connectivity index (χ2n) is 4.00. The van der Waals surface area contributed by atoms with Crippen LogP contribution in [0.4, 0.5) is 11.5 Å². The van der Waals surface area contributed by atoms with Gasteiger partial charge in [-0.25, -0.2) is 18.2 Å². The highest BCUT2D eigenvalue weighted by Gasteiger charge is 2.15. The average molecular weight is 301 g/mol. The van der Waals surface area contributed by atoms with Gasteiger partial charge in [0.2, 0.25) is 0 Å². The molecule has 0 saturated heterocycles. The maximum atomic E-state index is 11.6. The summed E-state index contributed by atoms with van der Waals surface area (Å²) < 4.78 is 27.6. The van der Waals surface area contributed by atoms with Crippen molar-refractivity contribution in [2.24, 2.45) is 0 Å². The second-order valence-corrected chi connectivity index (χ2v) is 6.48. The van der Waals surface area contributed by atoms with E-state index < -0.39 is 15.8 Å². The van der Waals surface area contributed by atoms with Gasteiger partial charge in [0.05, 0.1) is 23.6 Å². The summed E-state index contributed by atoms with van der Waals surface area (Å²) in [6.07, 6.45) is 1.42. The summed E-state index contributed by atoms with van der Waals surface area (Å²) >= 11 is 0. The Balaban J connectivity index is 2.77. The third-order valence-corrected chi connectivity index (χ3v) is 4.34. The van der Waals surface area contributed by atoms with E-state index in [0.29, 0.717) is 0 Å². The molecule has 1 aromatic rings. The number of hydrogen-bond acceptors (Lipinski definition) is 7. The monoisotopic (exact) mass is 301 g/mol. The molecule has 0 spiro atoms. The van der Waals surface area contributed by atoms with Crippen LogP contribution >= 0.6 is 0 Å². The lowest BCUT2D eigenvalue weighted by Crippen LogP contribution is -2.19. The standard InChI is InChI=1S/C12H19N3O4S/c1-3-19-12(16)9-5-6-14-11(10(9)13)15-7-8-20(17,18)4-2/h5-6H,3-4,7-8,13H2,1-2H3,(H,14,15). The van der Waals surface area contributed by atoms with Gasteiger partial charge in [0.1, 0.15) is 5.82 Å². The fourth-order valence-corrected chi connectivity index (χ4v) is 2.17. The van der Waals surface area contributed by atoms with Crippen molar-refractivity contribution >= 4 is 27.3 Å². The van der Waals surface area contributed by atoms with Gasteiger partial charge >= 0.3 is 5.97 Å². The van der Waals surface area contributed by atoms with Crippen LogP contribution in [-0.4, -0.2) is 44.0 Å². The van der Waals surface area contributed by atoms with Gasteiger partial charge in [-0.2, -0.15) is 0 Å². The Kier molecular flexibility index (Phi) is 5.75. The van der Waals surface area contributed by atoms with Gasteiger partial charge < -0.3 is 15.8 Å². The van der Waals surface area contributed by atoms with Crippen LogP contribution in [0.2, 0.25) is 0 Å². The lowest BCUT2D eigenvalue weighted by atomic mass is 10.2. The maximum Gasteiger partial charge on any atom is 0.340 e. The van der Waals surface area contributed by atoms with Gasteiger partial charge in [-0.3, -0.25) is 0 Å². The number of aromatic nitrogens is 1. The number of rotatable bonds is 7. The molecule has 20 heavy (non-hydrogen) atoms. The zero-order chi connectivity index (χ0) is 15.2. The van der Waals surface area contributed by atoms with Crippen LogP contribution in [0.3, 0.4) is 0 Å². The molecule has 0 fully saturated rings. The highest BCUT2D eigenvalue weighted by molar-refractivity contribution is 7.91. The molecule has 0 aliphatic heterocycles. The Hall–Kier alpha value is -1.83. The van der Waals surface area contributed by atoms with Crippen molar-refractivity contribution in [3.8, 4) is 0 Å². The lowest BCUT2D eigenvalue weighted by Gasteiger charge is -2.11. The number of esters is 1. The third kappa shape index (κ3) is 4.37. The summed E-state index contributed by atoms with van der Waals surface area (Å²) in [5.41, 5.74) is 6.19. The quantitative estimate of drug-likeness (QED) is 0.712. The van der Waals surface area contributed by atoms with Gasteiger partial charge in [-0.05, 0) is 13.0 Å². The number of nitrogen functional groups attached to an aromatic ring is 1. The van der Waals surface area contributed by atoms with E-state index in [-0.39, 0.29) is 41.7 Å². The van der Waals surface area contributed by atoms with Crippen molar-refractivity contribution in [1.29, 1.82) is 0 Å². The van der Waals surface area contributed by atoms with Crippen molar-refractivity contribution in [2.75, 3.05) is 35.7 Å². The average Bonchev–Trinajstić information content (AvgIpc) is 2.41. The van der Waals surface area contributed by atoms with Crippen LogP contribution in [0, 0.1) is 0 Å². The fourth-order valence-electron chi connectivity index (χ4n) is 1.47. The summed E-state index contributed by atoms with van der Waals surface area (Å²) in [5, 5.41) is 2.82. The van der Waals surface area contributed by atoms with Gasteiger partial charge in [0.25, 0.3) is 0 Å². The number of nitrogens with two attached hydrogens (primary N) is 1. The van der Waals surface area contributed by atoms with Crippen molar-refractivity contribution in [1.82, 2.24) is 4.98 Å². The van der Waals surface area contributed by atoms with E-state index in [1.807, 2.05) is 0 Å². The minimum atomic E-state index is -3.06. The van der Waals surface area contributed by atoms with E-state index in [2.05, 4.69) is 10.3 Å². The molecular weight excluding hydrogens is 282 g/mol. The normalized spacial score (nSPS) is 11.1. The zero-order valence-corrected chi connectivity index (χ0v) is 12.4. The number of hydrogen-bond donors (Lipinski definition) is 2. The van der Waals surface area contributed by atoms with Crippen LogP contribution in [0.5, 0.6) is 0 Å². The SMILES string of the molecule is CCOC(=O)c1ccnc(NCCS(=O)(=O)CC)c1N. The number of nitrogens with zero attached hydrogens (tertiary/aromatic N) is 1. The van der Waals surface area contributed by atoms with Gasteiger partial charge in [0, 0.05) is 18.5 Å². The number of carbonyl (C=O) groups is 1. The first-order valence-electron chi connectivity index (χ1n) is 6.27. The van der Waals surface area contributed by atoms with Crippen LogP contribution in [0.25, 0.3) is 0 Å².